The van der Waals surface area contributed by atoms with Gasteiger partial charge < -0.3 is 15.4 Å². The van der Waals surface area contributed by atoms with Crippen molar-refractivity contribution in [3.8, 4) is 0 Å². The number of carbonyl (C=O) groups is 1. The molecular formula is C16H21N3O2. The number of aromatic nitrogens is 2. The topological polar surface area (TPSA) is 78.0 Å². The van der Waals surface area contributed by atoms with Gasteiger partial charge in [-0.3, -0.25) is 9.78 Å². The van der Waals surface area contributed by atoms with E-state index < -0.39 is 6.10 Å². The number of nitrogens with zero attached hydrogens (tertiary/aromatic N) is 1. The molecule has 0 aromatic carbocycles. The van der Waals surface area contributed by atoms with Crippen LogP contribution in [-0.4, -0.2) is 21.0 Å². The van der Waals surface area contributed by atoms with Crippen LogP contribution in [0.2, 0.25) is 0 Å². The Bertz CT molecular complexity index is 632. The van der Waals surface area contributed by atoms with Crippen molar-refractivity contribution < 1.29 is 9.90 Å². The maximum atomic E-state index is 12.4. The second-order valence-electron chi connectivity index (χ2n) is 5.29. The number of aromatic amines is 1. The van der Waals surface area contributed by atoms with Gasteiger partial charge in [0.1, 0.15) is 5.69 Å². The first-order valence-corrected chi connectivity index (χ1v) is 7.00. The molecule has 2 unspecified atom stereocenters. The van der Waals surface area contributed by atoms with Crippen LogP contribution in [0.5, 0.6) is 0 Å². The molecule has 0 bridgehead atoms. The van der Waals surface area contributed by atoms with Crippen molar-refractivity contribution in [2.75, 3.05) is 0 Å². The van der Waals surface area contributed by atoms with E-state index in [1.807, 2.05) is 39.0 Å². The molecule has 21 heavy (non-hydrogen) atoms. The van der Waals surface area contributed by atoms with E-state index in [4.69, 9.17) is 0 Å². The van der Waals surface area contributed by atoms with Crippen molar-refractivity contribution in [1.29, 1.82) is 0 Å². The Balaban J connectivity index is 2.20. The van der Waals surface area contributed by atoms with E-state index in [0.717, 1.165) is 22.5 Å². The molecule has 0 aliphatic heterocycles. The zero-order chi connectivity index (χ0) is 15.6. The Morgan fingerprint density at radius 1 is 1.33 bits per heavy atom. The largest absolute Gasteiger partial charge is 0.389 e. The van der Waals surface area contributed by atoms with Gasteiger partial charge in [0.05, 0.1) is 17.8 Å². The van der Waals surface area contributed by atoms with Gasteiger partial charge in [-0.1, -0.05) is 6.07 Å². The molecule has 0 aliphatic rings. The van der Waals surface area contributed by atoms with E-state index in [1.54, 1.807) is 13.1 Å². The Labute approximate surface area is 124 Å². The van der Waals surface area contributed by atoms with Crippen molar-refractivity contribution in [3.05, 3.63) is 52.6 Å². The molecule has 2 rings (SSSR count). The van der Waals surface area contributed by atoms with Crippen LogP contribution in [0.25, 0.3) is 0 Å². The van der Waals surface area contributed by atoms with Gasteiger partial charge in [-0.25, -0.2) is 0 Å². The predicted octanol–water partition coefficient (Wildman–Crippen LogP) is 2.57. The zero-order valence-corrected chi connectivity index (χ0v) is 12.8. The average Bonchev–Trinajstić information content (AvgIpc) is 2.75. The summed E-state index contributed by atoms with van der Waals surface area (Å²) in [6.45, 7) is 7.28. The van der Waals surface area contributed by atoms with E-state index in [0.29, 0.717) is 5.69 Å². The van der Waals surface area contributed by atoms with E-state index in [9.17, 15) is 9.90 Å². The van der Waals surface area contributed by atoms with Crippen LogP contribution in [0, 0.1) is 13.8 Å². The van der Waals surface area contributed by atoms with Gasteiger partial charge in [0, 0.05) is 17.5 Å². The number of hydrogen-bond acceptors (Lipinski definition) is 3. The first-order chi connectivity index (χ1) is 9.91. The van der Waals surface area contributed by atoms with Crippen molar-refractivity contribution >= 4 is 5.91 Å². The number of carbonyl (C=O) groups excluding carboxylic acids is 1. The highest BCUT2D eigenvalue weighted by atomic mass is 16.3. The minimum Gasteiger partial charge on any atom is -0.389 e. The first kappa shape index (κ1) is 15.3. The second kappa shape index (κ2) is 6.10. The van der Waals surface area contributed by atoms with Gasteiger partial charge in [-0.05, 0) is 45.4 Å². The summed E-state index contributed by atoms with van der Waals surface area (Å²) in [5.74, 6) is -0.194. The number of rotatable bonds is 4. The molecule has 2 aromatic heterocycles. The molecule has 2 atom stereocenters. The molecule has 5 nitrogen and oxygen atoms in total. The molecule has 2 aromatic rings. The summed E-state index contributed by atoms with van der Waals surface area (Å²) >= 11 is 0. The number of nitrogens with one attached hydrogen (secondary N) is 2. The van der Waals surface area contributed by atoms with Crippen molar-refractivity contribution in [2.45, 2.75) is 39.8 Å². The van der Waals surface area contributed by atoms with Crippen molar-refractivity contribution in [2.24, 2.45) is 0 Å². The second-order valence-corrected chi connectivity index (χ2v) is 5.29. The minimum absolute atomic E-state index is 0.184. The van der Waals surface area contributed by atoms with Gasteiger partial charge in [-0.2, -0.15) is 0 Å². The summed E-state index contributed by atoms with van der Waals surface area (Å²) in [5, 5.41) is 12.7. The van der Waals surface area contributed by atoms with Crippen molar-refractivity contribution in [3.63, 3.8) is 0 Å². The zero-order valence-electron chi connectivity index (χ0n) is 12.8. The Morgan fingerprint density at radius 3 is 2.57 bits per heavy atom. The molecule has 5 heteroatoms. The molecule has 1 amide bonds. The number of amides is 1. The maximum absolute atomic E-state index is 12.4. The third-order valence-electron chi connectivity index (χ3n) is 3.62. The lowest BCUT2D eigenvalue weighted by Gasteiger charge is -2.13. The van der Waals surface area contributed by atoms with Crippen LogP contribution < -0.4 is 5.32 Å². The van der Waals surface area contributed by atoms with E-state index in [2.05, 4.69) is 15.3 Å². The summed E-state index contributed by atoms with van der Waals surface area (Å²) in [7, 11) is 0. The summed E-state index contributed by atoms with van der Waals surface area (Å²) in [5.41, 5.74) is 3.69. The summed E-state index contributed by atoms with van der Waals surface area (Å²) in [6.07, 6.45) is 1.10. The molecule has 112 valence electrons. The Kier molecular flexibility index (Phi) is 4.43. The van der Waals surface area contributed by atoms with Gasteiger partial charge in [0.25, 0.3) is 5.91 Å². The smallest absolute Gasteiger partial charge is 0.268 e. The predicted molar refractivity (Wildman–Crippen MR) is 81.0 cm³/mol. The van der Waals surface area contributed by atoms with Gasteiger partial charge in [-0.15, -0.1) is 0 Å². The molecule has 0 radical (unpaired) electrons. The Morgan fingerprint density at radius 2 is 2.05 bits per heavy atom. The summed E-state index contributed by atoms with van der Waals surface area (Å²) < 4.78 is 0. The van der Waals surface area contributed by atoms with Crippen LogP contribution in [-0.2, 0) is 0 Å². The third-order valence-corrected chi connectivity index (χ3v) is 3.62. The van der Waals surface area contributed by atoms with E-state index in [1.165, 1.54) is 0 Å². The number of aliphatic hydroxyl groups excluding tert-OH is 1. The summed E-state index contributed by atoms with van der Waals surface area (Å²) in [6, 6.07) is 5.42. The first-order valence-electron chi connectivity index (χ1n) is 7.00. The highest BCUT2D eigenvalue weighted by Crippen LogP contribution is 2.24. The van der Waals surface area contributed by atoms with Crippen LogP contribution in [0.15, 0.2) is 24.4 Å². The maximum Gasteiger partial charge on any atom is 0.268 e. The minimum atomic E-state index is -0.601. The molecule has 0 spiro atoms. The number of pyridine rings is 1. The van der Waals surface area contributed by atoms with Crippen LogP contribution >= 0.6 is 0 Å². The van der Waals surface area contributed by atoms with Crippen LogP contribution in [0.1, 0.15) is 59.0 Å². The van der Waals surface area contributed by atoms with Crippen LogP contribution in [0.4, 0.5) is 0 Å². The highest BCUT2D eigenvalue weighted by molar-refractivity contribution is 5.94. The SMILES string of the molecule is Cc1[nH]c(C(=O)NC(C)c2ccccn2)c(C)c1C(C)O. The van der Waals surface area contributed by atoms with Gasteiger partial charge >= 0.3 is 0 Å². The number of aryl methyl sites for hydroxylation is 1. The fourth-order valence-electron chi connectivity index (χ4n) is 2.59. The molecule has 2 heterocycles. The lowest BCUT2D eigenvalue weighted by Crippen LogP contribution is -2.28. The average molecular weight is 287 g/mol. The number of H-pyrrole nitrogens is 1. The number of hydrogen-bond donors (Lipinski definition) is 3. The standard InChI is InChI=1S/C16H21N3O2/c1-9-14(12(4)20)11(3)18-15(9)16(21)19-10(2)13-7-5-6-8-17-13/h5-8,10,12,18,20H,1-4H3,(H,19,21). The van der Waals surface area contributed by atoms with E-state index >= 15 is 0 Å². The van der Waals surface area contributed by atoms with Crippen LogP contribution in [0.3, 0.4) is 0 Å². The molecular weight excluding hydrogens is 266 g/mol. The lowest BCUT2D eigenvalue weighted by molar-refractivity contribution is 0.0934. The van der Waals surface area contributed by atoms with E-state index in [-0.39, 0.29) is 11.9 Å². The molecule has 3 N–H and O–H groups in total. The molecule has 0 saturated heterocycles. The third kappa shape index (κ3) is 3.13. The highest BCUT2D eigenvalue weighted by Gasteiger charge is 2.21. The van der Waals surface area contributed by atoms with Gasteiger partial charge in [0.2, 0.25) is 0 Å². The van der Waals surface area contributed by atoms with Crippen molar-refractivity contribution in [1.82, 2.24) is 15.3 Å². The molecule has 0 aliphatic carbocycles. The molecule has 0 fully saturated rings. The quantitative estimate of drug-likeness (QED) is 0.808. The summed E-state index contributed by atoms with van der Waals surface area (Å²) in [4.78, 5) is 19.7. The lowest BCUT2D eigenvalue weighted by atomic mass is 10.1. The van der Waals surface area contributed by atoms with Gasteiger partial charge in [0.15, 0.2) is 0 Å². The fourth-order valence-corrected chi connectivity index (χ4v) is 2.59. The monoisotopic (exact) mass is 287 g/mol. The Hall–Kier alpha value is -2.14. The number of aliphatic hydroxyl groups is 1. The normalized spacial score (nSPS) is 13.8. The fraction of sp³-hybridized carbons (Fsp3) is 0.375. The molecule has 0 saturated carbocycles.